The summed E-state index contributed by atoms with van der Waals surface area (Å²) < 4.78 is 0. The molecule has 2 saturated carbocycles. The first-order valence-electron chi connectivity index (χ1n) is 7.45. The highest BCUT2D eigenvalue weighted by Crippen LogP contribution is 2.41. The SMILES string of the molecule is CNC1CC(Cl)CC1N(C(=O)C1CC1Cl)c1ccccc1. The number of carbonyl (C=O) groups is 1. The van der Waals surface area contributed by atoms with E-state index in [1.165, 1.54) is 0 Å². The third-order valence-corrected chi connectivity index (χ3v) is 5.31. The summed E-state index contributed by atoms with van der Waals surface area (Å²) >= 11 is 12.4. The van der Waals surface area contributed by atoms with Gasteiger partial charge in [0.15, 0.2) is 0 Å². The van der Waals surface area contributed by atoms with Crippen LogP contribution >= 0.6 is 23.2 Å². The van der Waals surface area contributed by atoms with Crippen LogP contribution in [-0.2, 0) is 4.79 Å². The summed E-state index contributed by atoms with van der Waals surface area (Å²) in [6.07, 6.45) is 2.48. The first-order chi connectivity index (χ1) is 10.1. The van der Waals surface area contributed by atoms with Crippen molar-refractivity contribution >= 4 is 34.8 Å². The van der Waals surface area contributed by atoms with Gasteiger partial charge in [0, 0.05) is 22.5 Å². The van der Waals surface area contributed by atoms with E-state index < -0.39 is 0 Å². The number of likely N-dealkylation sites (N-methyl/N-ethyl adjacent to an activating group) is 1. The van der Waals surface area contributed by atoms with Gasteiger partial charge in [0.25, 0.3) is 0 Å². The van der Waals surface area contributed by atoms with E-state index in [0.29, 0.717) is 0 Å². The van der Waals surface area contributed by atoms with Crippen LogP contribution in [0, 0.1) is 5.92 Å². The Labute approximate surface area is 135 Å². The lowest BCUT2D eigenvalue weighted by Crippen LogP contribution is -2.49. The number of nitrogens with one attached hydrogen (secondary N) is 1. The Morgan fingerprint density at radius 1 is 1.19 bits per heavy atom. The average Bonchev–Trinajstić information content (AvgIpc) is 3.10. The first-order valence-corrected chi connectivity index (χ1v) is 8.32. The summed E-state index contributed by atoms with van der Waals surface area (Å²) in [4.78, 5) is 14.8. The highest BCUT2D eigenvalue weighted by Gasteiger charge is 2.48. The molecule has 0 aromatic heterocycles. The lowest BCUT2D eigenvalue weighted by Gasteiger charge is -2.33. The van der Waals surface area contributed by atoms with Gasteiger partial charge in [-0.15, -0.1) is 23.2 Å². The van der Waals surface area contributed by atoms with Crippen LogP contribution in [0.15, 0.2) is 30.3 Å². The van der Waals surface area contributed by atoms with Crippen molar-refractivity contribution in [3.8, 4) is 0 Å². The van der Waals surface area contributed by atoms with Gasteiger partial charge in [-0.3, -0.25) is 4.79 Å². The van der Waals surface area contributed by atoms with Crippen molar-refractivity contribution in [1.29, 1.82) is 0 Å². The molecule has 1 amide bonds. The van der Waals surface area contributed by atoms with Crippen LogP contribution < -0.4 is 10.2 Å². The molecule has 5 atom stereocenters. The highest BCUT2D eigenvalue weighted by molar-refractivity contribution is 6.25. The number of nitrogens with zero attached hydrogens (tertiary/aromatic N) is 1. The molecule has 21 heavy (non-hydrogen) atoms. The summed E-state index contributed by atoms with van der Waals surface area (Å²) in [5.41, 5.74) is 0.939. The third-order valence-electron chi connectivity index (χ3n) is 4.48. The van der Waals surface area contributed by atoms with Crippen LogP contribution in [0.2, 0.25) is 0 Å². The van der Waals surface area contributed by atoms with E-state index in [9.17, 15) is 4.79 Å². The van der Waals surface area contributed by atoms with Crippen molar-refractivity contribution < 1.29 is 4.79 Å². The first kappa shape index (κ1) is 15.1. The molecule has 5 unspecified atom stereocenters. The molecule has 0 radical (unpaired) electrons. The summed E-state index contributed by atoms with van der Waals surface area (Å²) in [6, 6.07) is 10.2. The summed E-state index contributed by atoms with van der Waals surface area (Å²) in [7, 11) is 1.93. The zero-order valence-corrected chi connectivity index (χ0v) is 13.5. The lowest BCUT2D eigenvalue weighted by atomic mass is 10.1. The molecule has 3 nitrogen and oxygen atoms in total. The Bertz CT molecular complexity index is 510. The molecule has 0 aliphatic heterocycles. The van der Waals surface area contributed by atoms with Crippen molar-refractivity contribution in [2.24, 2.45) is 5.92 Å². The number of rotatable bonds is 4. The standard InChI is InChI=1S/C16H20Cl2N2O/c1-19-14-7-10(17)8-15(14)20(11-5-3-2-4-6-11)16(21)12-9-13(12)18/h2-6,10,12-15,19H,7-9H2,1H3. The van der Waals surface area contributed by atoms with Gasteiger partial charge >= 0.3 is 0 Å². The molecule has 5 heteroatoms. The Hall–Kier alpha value is -0.770. The number of para-hydroxylation sites is 1. The predicted octanol–water partition coefficient (Wildman–Crippen LogP) is 3.00. The molecule has 1 aromatic rings. The monoisotopic (exact) mass is 326 g/mol. The zero-order chi connectivity index (χ0) is 15.0. The van der Waals surface area contributed by atoms with E-state index in [0.717, 1.165) is 24.9 Å². The normalized spacial score (nSPS) is 34.7. The van der Waals surface area contributed by atoms with Gasteiger partial charge in [0.1, 0.15) is 0 Å². The molecule has 114 valence electrons. The van der Waals surface area contributed by atoms with E-state index in [-0.39, 0.29) is 34.7 Å². The number of benzene rings is 1. The topological polar surface area (TPSA) is 32.3 Å². The average molecular weight is 327 g/mol. The maximum Gasteiger partial charge on any atom is 0.231 e. The van der Waals surface area contributed by atoms with Gasteiger partial charge in [-0.05, 0) is 38.4 Å². The van der Waals surface area contributed by atoms with Gasteiger partial charge < -0.3 is 10.2 Å². The van der Waals surface area contributed by atoms with E-state index in [1.54, 1.807) is 0 Å². The molecular formula is C16H20Cl2N2O. The molecule has 0 spiro atoms. The number of amides is 1. The van der Waals surface area contributed by atoms with Crippen LogP contribution in [0.1, 0.15) is 19.3 Å². The quantitative estimate of drug-likeness (QED) is 0.862. The molecule has 2 fully saturated rings. The minimum absolute atomic E-state index is 0.00931. The minimum atomic E-state index is -0.0428. The minimum Gasteiger partial charge on any atom is -0.315 e. The van der Waals surface area contributed by atoms with Crippen LogP contribution in [-0.4, -0.2) is 35.8 Å². The van der Waals surface area contributed by atoms with Crippen LogP contribution in [0.25, 0.3) is 0 Å². The number of hydrogen-bond acceptors (Lipinski definition) is 2. The van der Waals surface area contributed by atoms with Crippen LogP contribution in [0.3, 0.4) is 0 Å². The Morgan fingerprint density at radius 3 is 2.43 bits per heavy atom. The number of alkyl halides is 2. The molecular weight excluding hydrogens is 307 g/mol. The number of halogens is 2. The molecule has 0 saturated heterocycles. The highest BCUT2D eigenvalue weighted by atomic mass is 35.5. The summed E-state index contributed by atoms with van der Waals surface area (Å²) in [6.45, 7) is 0. The van der Waals surface area contributed by atoms with E-state index in [1.807, 2.05) is 42.3 Å². The Balaban J connectivity index is 1.90. The fraction of sp³-hybridized carbons (Fsp3) is 0.562. The maximum atomic E-state index is 12.8. The summed E-state index contributed by atoms with van der Waals surface area (Å²) in [5.74, 6) is 0.0935. The predicted molar refractivity (Wildman–Crippen MR) is 87.2 cm³/mol. The van der Waals surface area contributed by atoms with Gasteiger partial charge in [-0.25, -0.2) is 0 Å². The molecule has 0 bridgehead atoms. The van der Waals surface area contributed by atoms with E-state index >= 15 is 0 Å². The van der Waals surface area contributed by atoms with E-state index in [2.05, 4.69) is 5.32 Å². The molecule has 2 aliphatic carbocycles. The number of hydrogen-bond donors (Lipinski definition) is 1. The smallest absolute Gasteiger partial charge is 0.231 e. The van der Waals surface area contributed by atoms with Crippen molar-refractivity contribution in [3.05, 3.63) is 30.3 Å². The second-order valence-corrected chi connectivity index (χ2v) is 7.11. The molecule has 1 N–H and O–H groups in total. The molecule has 2 aliphatic rings. The van der Waals surface area contributed by atoms with Crippen molar-refractivity contribution in [3.63, 3.8) is 0 Å². The lowest BCUT2D eigenvalue weighted by molar-refractivity contribution is -0.120. The van der Waals surface area contributed by atoms with Gasteiger partial charge in [-0.2, -0.15) is 0 Å². The maximum absolute atomic E-state index is 12.8. The van der Waals surface area contributed by atoms with Crippen LogP contribution in [0.5, 0.6) is 0 Å². The Morgan fingerprint density at radius 2 is 1.86 bits per heavy atom. The third kappa shape index (κ3) is 3.05. The van der Waals surface area contributed by atoms with Gasteiger partial charge in [0.2, 0.25) is 5.91 Å². The van der Waals surface area contributed by atoms with Crippen molar-refractivity contribution in [2.75, 3.05) is 11.9 Å². The fourth-order valence-corrected chi connectivity index (χ4v) is 3.89. The largest absolute Gasteiger partial charge is 0.315 e. The number of anilines is 1. The second kappa shape index (κ2) is 6.15. The van der Waals surface area contributed by atoms with Gasteiger partial charge in [0.05, 0.1) is 12.0 Å². The van der Waals surface area contributed by atoms with Gasteiger partial charge in [-0.1, -0.05) is 18.2 Å². The second-order valence-electron chi connectivity index (χ2n) is 5.93. The fourth-order valence-electron chi connectivity index (χ4n) is 3.22. The van der Waals surface area contributed by atoms with Crippen molar-refractivity contribution in [1.82, 2.24) is 5.32 Å². The molecule has 3 rings (SSSR count). The van der Waals surface area contributed by atoms with Crippen LogP contribution in [0.4, 0.5) is 5.69 Å². The molecule has 1 aromatic carbocycles. The number of carbonyl (C=O) groups excluding carboxylic acids is 1. The Kier molecular flexibility index (Phi) is 4.43. The van der Waals surface area contributed by atoms with Crippen molar-refractivity contribution in [2.45, 2.75) is 42.1 Å². The summed E-state index contributed by atoms with van der Waals surface area (Å²) in [5, 5.41) is 3.41. The zero-order valence-electron chi connectivity index (χ0n) is 12.0. The molecule has 0 heterocycles. The van der Waals surface area contributed by atoms with E-state index in [4.69, 9.17) is 23.2 Å².